The minimum Gasteiger partial charge on any atom is -0.493 e. The van der Waals surface area contributed by atoms with Crippen LogP contribution in [0.1, 0.15) is 6.42 Å². The molecule has 0 aliphatic carbocycles. The fourth-order valence-corrected chi connectivity index (χ4v) is 2.66. The molecular formula is C13H15ClOSi. The van der Waals surface area contributed by atoms with E-state index in [0.717, 1.165) is 24.8 Å². The van der Waals surface area contributed by atoms with Gasteiger partial charge in [0.15, 0.2) is 0 Å². The summed E-state index contributed by atoms with van der Waals surface area (Å²) in [4.78, 5) is 0. The number of benzene rings is 2. The van der Waals surface area contributed by atoms with Crippen molar-refractivity contribution in [1.29, 1.82) is 0 Å². The SMILES string of the molecule is Cl[SiH2]CCCOc1cccc2ccccc12. The molecule has 0 atom stereocenters. The van der Waals surface area contributed by atoms with Gasteiger partial charge in [0, 0.05) is 5.39 Å². The second-order valence-corrected chi connectivity index (χ2v) is 5.94. The van der Waals surface area contributed by atoms with Gasteiger partial charge in [0.1, 0.15) is 14.6 Å². The van der Waals surface area contributed by atoms with Gasteiger partial charge in [-0.05, 0) is 23.9 Å². The van der Waals surface area contributed by atoms with Crippen LogP contribution in [0.5, 0.6) is 5.75 Å². The van der Waals surface area contributed by atoms with Crippen molar-refractivity contribution in [1.82, 2.24) is 0 Å². The lowest BCUT2D eigenvalue weighted by Gasteiger charge is -2.08. The fourth-order valence-electron chi connectivity index (χ4n) is 1.70. The van der Waals surface area contributed by atoms with E-state index in [1.165, 1.54) is 10.8 Å². The fraction of sp³-hybridized carbons (Fsp3) is 0.231. The molecule has 0 unspecified atom stereocenters. The van der Waals surface area contributed by atoms with E-state index in [2.05, 4.69) is 18.2 Å². The van der Waals surface area contributed by atoms with Gasteiger partial charge in [0.25, 0.3) is 0 Å². The zero-order valence-electron chi connectivity index (χ0n) is 9.16. The predicted molar refractivity (Wildman–Crippen MR) is 73.3 cm³/mol. The maximum absolute atomic E-state index is 5.78. The highest BCUT2D eigenvalue weighted by Gasteiger charge is 2.00. The van der Waals surface area contributed by atoms with E-state index in [1.807, 2.05) is 24.3 Å². The maximum Gasteiger partial charge on any atom is 0.127 e. The van der Waals surface area contributed by atoms with Crippen LogP contribution in [0.2, 0.25) is 6.04 Å². The smallest absolute Gasteiger partial charge is 0.127 e. The first kappa shape index (κ1) is 11.5. The third kappa shape index (κ3) is 2.77. The highest BCUT2D eigenvalue weighted by Crippen LogP contribution is 2.25. The summed E-state index contributed by atoms with van der Waals surface area (Å²) < 4.78 is 5.78. The van der Waals surface area contributed by atoms with Crippen LogP contribution in [0.25, 0.3) is 10.8 Å². The molecule has 0 aromatic heterocycles. The average molecular weight is 251 g/mol. The summed E-state index contributed by atoms with van der Waals surface area (Å²) in [5, 5.41) is 2.42. The summed E-state index contributed by atoms with van der Waals surface area (Å²) in [7, 11) is -0.335. The Labute approximate surface area is 103 Å². The number of hydrogen-bond donors (Lipinski definition) is 0. The Bertz CT molecular complexity index is 453. The lowest BCUT2D eigenvalue weighted by Crippen LogP contribution is -1.98. The van der Waals surface area contributed by atoms with Crippen molar-refractivity contribution in [2.45, 2.75) is 12.5 Å². The molecule has 0 saturated heterocycles. The van der Waals surface area contributed by atoms with Crippen molar-refractivity contribution < 1.29 is 4.74 Å². The van der Waals surface area contributed by atoms with Crippen molar-refractivity contribution in [2.75, 3.05) is 6.61 Å². The number of rotatable bonds is 5. The summed E-state index contributed by atoms with van der Waals surface area (Å²) in [6.45, 7) is 0.772. The van der Waals surface area contributed by atoms with E-state index in [-0.39, 0.29) is 8.83 Å². The molecule has 0 saturated carbocycles. The van der Waals surface area contributed by atoms with Crippen LogP contribution >= 0.6 is 11.1 Å². The van der Waals surface area contributed by atoms with Crippen LogP contribution in [0.4, 0.5) is 0 Å². The Balaban J connectivity index is 2.11. The molecule has 16 heavy (non-hydrogen) atoms. The molecule has 2 aromatic carbocycles. The summed E-state index contributed by atoms with van der Waals surface area (Å²) in [5.41, 5.74) is 0. The standard InChI is InChI=1S/C13H15ClOSi/c14-16-10-4-9-15-13-8-3-6-11-5-1-2-7-12(11)13/h1-3,5-8H,4,9-10,16H2. The van der Waals surface area contributed by atoms with E-state index in [0.29, 0.717) is 0 Å². The van der Waals surface area contributed by atoms with Gasteiger partial charge in [-0.1, -0.05) is 36.4 Å². The maximum atomic E-state index is 5.78. The van der Waals surface area contributed by atoms with Crippen molar-refractivity contribution in [2.24, 2.45) is 0 Å². The van der Waals surface area contributed by atoms with Crippen molar-refractivity contribution >= 4 is 30.7 Å². The summed E-state index contributed by atoms with van der Waals surface area (Å²) in [6, 6.07) is 15.6. The number of hydrogen-bond acceptors (Lipinski definition) is 1. The first-order valence-electron chi connectivity index (χ1n) is 5.58. The average Bonchev–Trinajstić information content (AvgIpc) is 2.35. The monoisotopic (exact) mass is 250 g/mol. The Morgan fingerprint density at radius 3 is 2.75 bits per heavy atom. The van der Waals surface area contributed by atoms with E-state index in [9.17, 15) is 0 Å². The second-order valence-electron chi connectivity index (χ2n) is 3.72. The third-order valence-corrected chi connectivity index (χ3v) is 4.10. The molecule has 0 heterocycles. The van der Waals surface area contributed by atoms with Crippen molar-refractivity contribution in [3.05, 3.63) is 42.5 Å². The third-order valence-electron chi connectivity index (χ3n) is 2.54. The van der Waals surface area contributed by atoms with E-state index >= 15 is 0 Å². The van der Waals surface area contributed by atoms with E-state index in [4.69, 9.17) is 15.8 Å². The molecule has 0 amide bonds. The van der Waals surface area contributed by atoms with Crippen LogP contribution in [0.3, 0.4) is 0 Å². The van der Waals surface area contributed by atoms with E-state index < -0.39 is 0 Å². The molecule has 0 radical (unpaired) electrons. The van der Waals surface area contributed by atoms with Crippen molar-refractivity contribution in [3.8, 4) is 5.75 Å². The van der Waals surface area contributed by atoms with Gasteiger partial charge in [-0.2, -0.15) is 11.1 Å². The molecule has 3 heteroatoms. The zero-order chi connectivity index (χ0) is 11.2. The minimum atomic E-state index is -0.335. The quantitative estimate of drug-likeness (QED) is 0.449. The molecule has 0 aliphatic rings. The largest absolute Gasteiger partial charge is 0.493 e. The molecule has 2 aromatic rings. The molecule has 0 fully saturated rings. The molecule has 0 N–H and O–H groups in total. The highest BCUT2D eigenvalue weighted by atomic mass is 35.6. The van der Waals surface area contributed by atoms with Crippen molar-refractivity contribution in [3.63, 3.8) is 0 Å². The van der Waals surface area contributed by atoms with Crippen LogP contribution in [-0.4, -0.2) is 15.4 Å². The number of fused-ring (bicyclic) bond motifs is 1. The minimum absolute atomic E-state index is 0.335. The summed E-state index contributed by atoms with van der Waals surface area (Å²) in [5.74, 6) is 0.981. The molecule has 0 spiro atoms. The summed E-state index contributed by atoms with van der Waals surface area (Å²) in [6.07, 6.45) is 1.07. The molecule has 84 valence electrons. The molecular weight excluding hydrogens is 236 g/mol. The predicted octanol–water partition coefficient (Wildman–Crippen LogP) is 3.35. The molecule has 1 nitrogen and oxygen atoms in total. The van der Waals surface area contributed by atoms with Crippen LogP contribution < -0.4 is 4.74 Å². The molecule has 0 bridgehead atoms. The van der Waals surface area contributed by atoms with Crippen LogP contribution in [-0.2, 0) is 0 Å². The normalized spacial score (nSPS) is 11.3. The first-order chi connectivity index (χ1) is 7.92. The van der Waals surface area contributed by atoms with Crippen LogP contribution in [0, 0.1) is 0 Å². The lowest BCUT2D eigenvalue weighted by atomic mass is 10.1. The zero-order valence-corrected chi connectivity index (χ0v) is 11.3. The van der Waals surface area contributed by atoms with Gasteiger partial charge < -0.3 is 4.74 Å². The second kappa shape index (κ2) is 5.92. The lowest BCUT2D eigenvalue weighted by molar-refractivity contribution is 0.321. The number of halogens is 1. The summed E-state index contributed by atoms with van der Waals surface area (Å²) >= 11 is 5.76. The topological polar surface area (TPSA) is 9.23 Å². The van der Waals surface area contributed by atoms with Gasteiger partial charge in [-0.15, -0.1) is 0 Å². The molecule has 0 aliphatic heterocycles. The first-order valence-corrected chi connectivity index (χ1v) is 8.72. The van der Waals surface area contributed by atoms with Gasteiger partial charge in [-0.25, -0.2) is 0 Å². The Hall–Kier alpha value is -0.993. The van der Waals surface area contributed by atoms with Crippen LogP contribution in [0.15, 0.2) is 42.5 Å². The van der Waals surface area contributed by atoms with Gasteiger partial charge in [-0.3, -0.25) is 0 Å². The van der Waals surface area contributed by atoms with Gasteiger partial charge >= 0.3 is 0 Å². The number of ether oxygens (including phenoxy) is 1. The van der Waals surface area contributed by atoms with Gasteiger partial charge in [0.05, 0.1) is 6.61 Å². The highest BCUT2D eigenvalue weighted by molar-refractivity contribution is 6.93. The van der Waals surface area contributed by atoms with Gasteiger partial charge in [0.2, 0.25) is 0 Å². The Kier molecular flexibility index (Phi) is 4.25. The molecule has 2 rings (SSSR count). The Morgan fingerprint density at radius 2 is 1.88 bits per heavy atom. The van der Waals surface area contributed by atoms with E-state index in [1.54, 1.807) is 0 Å². The Morgan fingerprint density at radius 1 is 1.06 bits per heavy atom.